The maximum absolute atomic E-state index is 2.14. The number of hydrogen-bond donors (Lipinski definition) is 0. The molecular formula is C4H8S3. The van der Waals surface area contributed by atoms with Crippen LogP contribution in [0.1, 0.15) is 0 Å². The van der Waals surface area contributed by atoms with E-state index in [-0.39, 0.29) is 0 Å². The van der Waals surface area contributed by atoms with Crippen LogP contribution in [0.5, 0.6) is 0 Å². The van der Waals surface area contributed by atoms with Gasteiger partial charge in [0.2, 0.25) is 0 Å². The highest BCUT2D eigenvalue weighted by molar-refractivity contribution is 8.76. The molecule has 1 aliphatic heterocycles. The maximum atomic E-state index is 2.14. The summed E-state index contributed by atoms with van der Waals surface area (Å²) >= 11 is 2.07. The molecule has 42 valence electrons. The van der Waals surface area contributed by atoms with E-state index in [0.717, 1.165) is 5.25 Å². The highest BCUT2D eigenvalue weighted by Gasteiger charge is 2.21. The van der Waals surface area contributed by atoms with Crippen LogP contribution < -0.4 is 0 Å². The van der Waals surface area contributed by atoms with E-state index in [2.05, 4.69) is 18.0 Å². The number of thioether (sulfide) groups is 1. The normalized spacial score (nSPS) is 27.9. The van der Waals surface area contributed by atoms with Crippen molar-refractivity contribution >= 4 is 33.3 Å². The Labute approximate surface area is 56.6 Å². The van der Waals surface area contributed by atoms with E-state index < -0.39 is 0 Å². The SMILES string of the molecule is CSSCC1CS1. The molecule has 0 N–H and O–H groups in total. The summed E-state index contributed by atoms with van der Waals surface area (Å²) in [6.07, 6.45) is 2.14. The highest BCUT2D eigenvalue weighted by Crippen LogP contribution is 2.35. The van der Waals surface area contributed by atoms with Crippen molar-refractivity contribution in [3.63, 3.8) is 0 Å². The lowest BCUT2D eigenvalue weighted by Gasteiger charge is -1.87. The van der Waals surface area contributed by atoms with Gasteiger partial charge in [-0.3, -0.25) is 0 Å². The molecule has 1 unspecified atom stereocenters. The van der Waals surface area contributed by atoms with Gasteiger partial charge in [-0.1, -0.05) is 21.6 Å². The molecule has 0 nitrogen and oxygen atoms in total. The first-order valence-corrected chi connectivity index (χ1v) is 5.98. The lowest BCUT2D eigenvalue weighted by Crippen LogP contribution is -1.82. The average Bonchev–Trinajstić information content (AvgIpc) is 2.42. The smallest absolute Gasteiger partial charge is 0.0237 e. The van der Waals surface area contributed by atoms with Crippen LogP contribution in [0.4, 0.5) is 0 Å². The third-order valence-electron chi connectivity index (χ3n) is 0.774. The standard InChI is InChI=1S/C4H8S3/c1-5-7-3-4-2-6-4/h4H,2-3H2,1H3. The van der Waals surface area contributed by atoms with Crippen LogP contribution in [0.3, 0.4) is 0 Å². The Balaban J connectivity index is 1.80. The lowest BCUT2D eigenvalue weighted by molar-refractivity contribution is 1.28. The Morgan fingerprint density at radius 1 is 1.86 bits per heavy atom. The van der Waals surface area contributed by atoms with Gasteiger partial charge in [-0.15, -0.1) is 0 Å². The van der Waals surface area contributed by atoms with Crippen LogP contribution in [-0.2, 0) is 0 Å². The van der Waals surface area contributed by atoms with Gasteiger partial charge in [-0.2, -0.15) is 11.8 Å². The zero-order chi connectivity index (χ0) is 5.11. The first-order chi connectivity index (χ1) is 3.43. The van der Waals surface area contributed by atoms with Gasteiger partial charge in [0.25, 0.3) is 0 Å². The van der Waals surface area contributed by atoms with Crippen LogP contribution in [0, 0.1) is 0 Å². The minimum Gasteiger partial charge on any atom is -0.156 e. The molecule has 0 aliphatic carbocycles. The second kappa shape index (κ2) is 3.15. The average molecular weight is 152 g/mol. The van der Waals surface area contributed by atoms with Crippen molar-refractivity contribution in [2.45, 2.75) is 5.25 Å². The third-order valence-corrected chi connectivity index (χ3v) is 3.85. The molecular weight excluding hydrogens is 144 g/mol. The zero-order valence-electron chi connectivity index (χ0n) is 4.22. The molecule has 1 saturated heterocycles. The fourth-order valence-electron chi connectivity index (χ4n) is 0.308. The van der Waals surface area contributed by atoms with Gasteiger partial charge in [0.05, 0.1) is 0 Å². The van der Waals surface area contributed by atoms with Crippen LogP contribution >= 0.6 is 33.3 Å². The first kappa shape index (κ1) is 6.17. The van der Waals surface area contributed by atoms with Gasteiger partial charge in [-0.05, 0) is 6.26 Å². The van der Waals surface area contributed by atoms with Gasteiger partial charge < -0.3 is 0 Å². The van der Waals surface area contributed by atoms with Gasteiger partial charge in [0, 0.05) is 16.8 Å². The van der Waals surface area contributed by atoms with Gasteiger partial charge in [-0.25, -0.2) is 0 Å². The predicted octanol–water partition coefficient (Wildman–Crippen LogP) is 2.11. The molecule has 0 bridgehead atoms. The fourth-order valence-corrected chi connectivity index (χ4v) is 2.87. The molecule has 0 radical (unpaired) electrons. The molecule has 1 heterocycles. The minimum absolute atomic E-state index is 1.01. The Hall–Kier alpha value is 1.05. The van der Waals surface area contributed by atoms with E-state index in [4.69, 9.17) is 0 Å². The number of rotatable bonds is 3. The first-order valence-electron chi connectivity index (χ1n) is 2.20. The summed E-state index contributed by atoms with van der Waals surface area (Å²) in [5, 5.41) is 1.01. The van der Waals surface area contributed by atoms with Gasteiger partial charge in [0.1, 0.15) is 0 Å². The van der Waals surface area contributed by atoms with Crippen molar-refractivity contribution in [2.75, 3.05) is 17.8 Å². The van der Waals surface area contributed by atoms with E-state index in [1.54, 1.807) is 0 Å². The molecule has 1 fully saturated rings. The van der Waals surface area contributed by atoms with Crippen LogP contribution in [0.25, 0.3) is 0 Å². The summed E-state index contributed by atoms with van der Waals surface area (Å²) < 4.78 is 0. The third kappa shape index (κ3) is 2.77. The summed E-state index contributed by atoms with van der Waals surface area (Å²) in [6, 6.07) is 0. The molecule has 0 aromatic rings. The fraction of sp³-hybridized carbons (Fsp3) is 1.00. The van der Waals surface area contributed by atoms with E-state index in [9.17, 15) is 0 Å². The monoisotopic (exact) mass is 152 g/mol. The number of hydrogen-bond acceptors (Lipinski definition) is 3. The lowest BCUT2D eigenvalue weighted by atomic mass is 10.6. The molecule has 0 saturated carbocycles. The second-order valence-corrected chi connectivity index (χ2v) is 5.35. The summed E-state index contributed by atoms with van der Waals surface area (Å²) in [7, 11) is 3.85. The minimum atomic E-state index is 1.01. The van der Waals surface area contributed by atoms with Crippen molar-refractivity contribution in [2.24, 2.45) is 0 Å². The Morgan fingerprint density at radius 2 is 2.57 bits per heavy atom. The molecule has 1 atom stereocenters. The molecule has 0 amide bonds. The van der Waals surface area contributed by atoms with Crippen LogP contribution in [0.15, 0.2) is 0 Å². The van der Waals surface area contributed by atoms with Crippen LogP contribution in [-0.4, -0.2) is 23.0 Å². The van der Waals surface area contributed by atoms with Crippen LogP contribution in [0.2, 0.25) is 0 Å². The van der Waals surface area contributed by atoms with Gasteiger partial charge in [0.15, 0.2) is 0 Å². The quantitative estimate of drug-likeness (QED) is 0.449. The largest absolute Gasteiger partial charge is 0.156 e. The topological polar surface area (TPSA) is 0 Å². The summed E-state index contributed by atoms with van der Waals surface area (Å²) in [5.41, 5.74) is 0. The van der Waals surface area contributed by atoms with Crippen molar-refractivity contribution in [3.8, 4) is 0 Å². The second-order valence-electron chi connectivity index (χ2n) is 1.41. The maximum Gasteiger partial charge on any atom is 0.0237 e. The van der Waals surface area contributed by atoms with Crippen molar-refractivity contribution in [1.29, 1.82) is 0 Å². The van der Waals surface area contributed by atoms with E-state index in [1.165, 1.54) is 11.5 Å². The van der Waals surface area contributed by atoms with E-state index >= 15 is 0 Å². The highest BCUT2D eigenvalue weighted by atomic mass is 33.1. The Kier molecular flexibility index (Phi) is 2.78. The predicted molar refractivity (Wildman–Crippen MR) is 42.2 cm³/mol. The van der Waals surface area contributed by atoms with Gasteiger partial charge >= 0.3 is 0 Å². The van der Waals surface area contributed by atoms with E-state index in [0.29, 0.717) is 0 Å². The summed E-state index contributed by atoms with van der Waals surface area (Å²) in [4.78, 5) is 0. The molecule has 0 aromatic heterocycles. The summed E-state index contributed by atoms with van der Waals surface area (Å²) in [6.45, 7) is 0. The Bertz CT molecular complexity index is 50.9. The molecule has 0 aromatic carbocycles. The van der Waals surface area contributed by atoms with Crippen molar-refractivity contribution in [1.82, 2.24) is 0 Å². The zero-order valence-corrected chi connectivity index (χ0v) is 6.67. The summed E-state index contributed by atoms with van der Waals surface area (Å²) in [5.74, 6) is 2.76. The van der Waals surface area contributed by atoms with E-state index in [1.807, 2.05) is 21.6 Å². The molecule has 1 aliphatic rings. The van der Waals surface area contributed by atoms with Crippen molar-refractivity contribution in [3.05, 3.63) is 0 Å². The molecule has 1 rings (SSSR count). The molecule has 7 heavy (non-hydrogen) atoms. The molecule has 3 heteroatoms. The Morgan fingerprint density at radius 3 is 3.00 bits per heavy atom. The molecule has 0 spiro atoms. The van der Waals surface area contributed by atoms with Crippen molar-refractivity contribution < 1.29 is 0 Å².